The van der Waals surface area contributed by atoms with Crippen molar-refractivity contribution >= 4 is 43.5 Å². The highest BCUT2D eigenvalue weighted by molar-refractivity contribution is 9.11. The molecule has 0 saturated heterocycles. The lowest BCUT2D eigenvalue weighted by molar-refractivity contribution is 0.102. The van der Waals surface area contributed by atoms with E-state index in [4.69, 9.17) is 4.74 Å². The number of phenols is 1. The molecule has 0 fully saturated rings. The molecule has 2 aromatic carbocycles. The molecule has 0 spiro atoms. The number of methoxy groups -OCH3 is 1. The summed E-state index contributed by atoms with van der Waals surface area (Å²) in [6.07, 6.45) is 0. The molecule has 7 heteroatoms. The number of phenolic OH excluding ortho intramolecular Hbond substituents is 1. The SMILES string of the molecule is COc1cc(NC(=O)c2ccc(F)cc2O)c(Br)cc1Br. The van der Waals surface area contributed by atoms with Crippen molar-refractivity contribution in [3.05, 3.63) is 50.7 Å². The predicted molar refractivity (Wildman–Crippen MR) is 84.4 cm³/mol. The largest absolute Gasteiger partial charge is 0.507 e. The van der Waals surface area contributed by atoms with Crippen LogP contribution < -0.4 is 10.1 Å². The van der Waals surface area contributed by atoms with E-state index >= 15 is 0 Å². The first-order chi connectivity index (χ1) is 9.92. The van der Waals surface area contributed by atoms with E-state index < -0.39 is 17.5 Å². The number of amides is 1. The van der Waals surface area contributed by atoms with Gasteiger partial charge in [-0.3, -0.25) is 4.79 Å². The maximum absolute atomic E-state index is 12.9. The quantitative estimate of drug-likeness (QED) is 0.780. The molecule has 2 rings (SSSR count). The van der Waals surface area contributed by atoms with E-state index in [0.29, 0.717) is 15.9 Å². The number of carbonyl (C=O) groups excluding carboxylic acids is 1. The van der Waals surface area contributed by atoms with Crippen LogP contribution in [0.4, 0.5) is 10.1 Å². The number of benzene rings is 2. The number of carbonyl (C=O) groups is 1. The monoisotopic (exact) mass is 417 g/mol. The Labute approximate surface area is 137 Å². The zero-order valence-corrected chi connectivity index (χ0v) is 14.0. The summed E-state index contributed by atoms with van der Waals surface area (Å²) in [6, 6.07) is 6.54. The number of rotatable bonds is 3. The predicted octanol–water partition coefficient (Wildman–Crippen LogP) is 4.32. The molecule has 0 saturated carbocycles. The second-order valence-corrected chi connectivity index (χ2v) is 5.79. The standard InChI is InChI=1S/C14H10Br2FNO3/c1-21-13-6-11(9(15)5-10(13)16)18-14(20)8-3-2-7(17)4-12(8)19/h2-6,19H,1H3,(H,18,20). The van der Waals surface area contributed by atoms with Gasteiger partial charge in [-0.15, -0.1) is 0 Å². The van der Waals surface area contributed by atoms with Gasteiger partial charge in [0.2, 0.25) is 0 Å². The Kier molecular flexibility index (Phi) is 4.84. The van der Waals surface area contributed by atoms with Crippen molar-refractivity contribution in [3.63, 3.8) is 0 Å². The zero-order chi connectivity index (χ0) is 15.6. The molecule has 0 atom stereocenters. The second-order valence-electron chi connectivity index (χ2n) is 4.08. The number of nitrogens with one attached hydrogen (secondary N) is 1. The summed E-state index contributed by atoms with van der Waals surface area (Å²) in [6.45, 7) is 0. The van der Waals surface area contributed by atoms with Gasteiger partial charge in [-0.1, -0.05) is 0 Å². The molecule has 1 amide bonds. The molecule has 0 aliphatic carbocycles. The molecule has 0 aliphatic rings. The molecule has 110 valence electrons. The van der Waals surface area contributed by atoms with Gasteiger partial charge >= 0.3 is 0 Å². The van der Waals surface area contributed by atoms with Gasteiger partial charge in [0.25, 0.3) is 5.91 Å². The number of ether oxygens (including phenoxy) is 1. The van der Waals surface area contributed by atoms with E-state index in [9.17, 15) is 14.3 Å². The molecule has 0 radical (unpaired) electrons. The Morgan fingerprint density at radius 2 is 1.95 bits per heavy atom. The zero-order valence-electron chi connectivity index (χ0n) is 10.8. The van der Waals surface area contributed by atoms with Gasteiger partial charge < -0.3 is 15.2 Å². The molecule has 0 bridgehead atoms. The Balaban J connectivity index is 2.31. The first kappa shape index (κ1) is 15.8. The molecule has 21 heavy (non-hydrogen) atoms. The molecule has 2 N–H and O–H groups in total. The lowest BCUT2D eigenvalue weighted by atomic mass is 10.1. The third-order valence-electron chi connectivity index (χ3n) is 2.69. The van der Waals surface area contributed by atoms with Crippen molar-refractivity contribution in [1.82, 2.24) is 0 Å². The third-order valence-corrected chi connectivity index (χ3v) is 3.97. The van der Waals surface area contributed by atoms with Crippen molar-refractivity contribution in [2.75, 3.05) is 12.4 Å². The first-order valence-corrected chi connectivity index (χ1v) is 7.34. The second kappa shape index (κ2) is 6.44. The van der Waals surface area contributed by atoms with Gasteiger partial charge in [0.05, 0.1) is 22.8 Å². The maximum atomic E-state index is 12.9. The van der Waals surface area contributed by atoms with Crippen LogP contribution in [0.1, 0.15) is 10.4 Å². The summed E-state index contributed by atoms with van der Waals surface area (Å²) in [4.78, 5) is 12.1. The van der Waals surface area contributed by atoms with Crippen LogP contribution in [0.3, 0.4) is 0 Å². The Morgan fingerprint density at radius 3 is 2.57 bits per heavy atom. The highest BCUT2D eigenvalue weighted by Crippen LogP contribution is 2.35. The Morgan fingerprint density at radius 1 is 1.24 bits per heavy atom. The molecular weight excluding hydrogens is 409 g/mol. The summed E-state index contributed by atoms with van der Waals surface area (Å²) >= 11 is 6.64. The van der Waals surface area contributed by atoms with Crippen molar-refractivity contribution < 1.29 is 19.0 Å². The van der Waals surface area contributed by atoms with Crippen LogP contribution >= 0.6 is 31.9 Å². The van der Waals surface area contributed by atoms with Gasteiger partial charge in [0.1, 0.15) is 17.3 Å². The molecule has 0 aromatic heterocycles. The van der Waals surface area contributed by atoms with Crippen LogP contribution in [0.15, 0.2) is 39.3 Å². The summed E-state index contributed by atoms with van der Waals surface area (Å²) in [7, 11) is 1.51. The van der Waals surface area contributed by atoms with Gasteiger partial charge in [-0.05, 0) is 50.1 Å². The smallest absolute Gasteiger partial charge is 0.259 e. The fraction of sp³-hybridized carbons (Fsp3) is 0.0714. The topological polar surface area (TPSA) is 58.6 Å². The fourth-order valence-electron chi connectivity index (χ4n) is 1.67. The molecule has 0 heterocycles. The summed E-state index contributed by atoms with van der Waals surface area (Å²) in [5, 5.41) is 12.2. The van der Waals surface area contributed by atoms with Crippen molar-refractivity contribution in [2.24, 2.45) is 0 Å². The number of anilines is 1. The fourth-order valence-corrected chi connectivity index (χ4v) is 2.92. The maximum Gasteiger partial charge on any atom is 0.259 e. The van der Waals surface area contributed by atoms with Crippen LogP contribution in [-0.4, -0.2) is 18.1 Å². The van der Waals surface area contributed by atoms with E-state index in [-0.39, 0.29) is 5.56 Å². The van der Waals surface area contributed by atoms with E-state index in [2.05, 4.69) is 37.2 Å². The minimum absolute atomic E-state index is 0.0230. The molecule has 0 unspecified atom stereocenters. The van der Waals surface area contributed by atoms with Crippen LogP contribution in [0.5, 0.6) is 11.5 Å². The van der Waals surface area contributed by atoms with Crippen molar-refractivity contribution in [2.45, 2.75) is 0 Å². The average Bonchev–Trinajstić information content (AvgIpc) is 2.41. The number of hydrogen-bond acceptors (Lipinski definition) is 3. The minimum atomic E-state index is -0.615. The highest BCUT2D eigenvalue weighted by atomic mass is 79.9. The molecule has 0 aliphatic heterocycles. The van der Waals surface area contributed by atoms with Gasteiger partial charge in [-0.2, -0.15) is 0 Å². The summed E-state index contributed by atoms with van der Waals surface area (Å²) in [5.41, 5.74) is 0.439. The Hall–Kier alpha value is -1.60. The lowest BCUT2D eigenvalue weighted by Gasteiger charge is -2.11. The third kappa shape index (κ3) is 3.54. The normalized spacial score (nSPS) is 10.3. The molecular formula is C14H10Br2FNO3. The van der Waals surface area contributed by atoms with Crippen LogP contribution in [0.25, 0.3) is 0 Å². The number of hydrogen-bond donors (Lipinski definition) is 2. The van der Waals surface area contributed by atoms with E-state index in [1.54, 1.807) is 12.1 Å². The molecule has 2 aromatic rings. The summed E-state index contributed by atoms with van der Waals surface area (Å²) < 4.78 is 19.4. The van der Waals surface area contributed by atoms with Crippen molar-refractivity contribution in [3.8, 4) is 11.5 Å². The first-order valence-electron chi connectivity index (χ1n) is 5.75. The van der Waals surface area contributed by atoms with E-state index in [1.807, 2.05) is 0 Å². The molecule has 4 nitrogen and oxygen atoms in total. The van der Waals surface area contributed by atoms with Crippen LogP contribution in [0.2, 0.25) is 0 Å². The Bertz CT molecular complexity index is 707. The van der Waals surface area contributed by atoms with E-state index in [1.165, 1.54) is 13.2 Å². The summed E-state index contributed by atoms with van der Waals surface area (Å²) in [5.74, 6) is -1.06. The average molecular weight is 419 g/mol. The minimum Gasteiger partial charge on any atom is -0.507 e. The number of halogens is 3. The number of aromatic hydroxyl groups is 1. The lowest BCUT2D eigenvalue weighted by Crippen LogP contribution is -2.12. The van der Waals surface area contributed by atoms with Crippen molar-refractivity contribution in [1.29, 1.82) is 0 Å². The van der Waals surface area contributed by atoms with Crippen LogP contribution in [0, 0.1) is 5.82 Å². The van der Waals surface area contributed by atoms with Gasteiger partial charge in [-0.25, -0.2) is 4.39 Å². The van der Waals surface area contributed by atoms with E-state index in [0.717, 1.165) is 16.6 Å². The van der Waals surface area contributed by atoms with Gasteiger partial charge in [0, 0.05) is 16.6 Å². The highest BCUT2D eigenvalue weighted by Gasteiger charge is 2.15. The van der Waals surface area contributed by atoms with Gasteiger partial charge in [0.15, 0.2) is 0 Å². The van der Waals surface area contributed by atoms with Crippen LogP contribution in [-0.2, 0) is 0 Å².